The number of hydrogen-bond donors (Lipinski definition) is 1. The first-order valence-electron chi connectivity index (χ1n) is 6.37. The third-order valence-electron chi connectivity index (χ3n) is 3.19. The van der Waals surface area contributed by atoms with Crippen LogP contribution in [0.4, 0.5) is 10.1 Å². The lowest BCUT2D eigenvalue weighted by Gasteiger charge is -2.18. The van der Waals surface area contributed by atoms with Gasteiger partial charge in [-0.15, -0.1) is 0 Å². The van der Waals surface area contributed by atoms with E-state index in [0.29, 0.717) is 0 Å². The molecule has 6 heteroatoms. The highest BCUT2D eigenvalue weighted by Crippen LogP contribution is 2.23. The Balaban J connectivity index is 2.30. The maximum atomic E-state index is 13.3. The number of nitrogen functional groups attached to an aromatic ring is 1. The van der Waals surface area contributed by atoms with Crippen molar-refractivity contribution < 1.29 is 12.8 Å². The fourth-order valence-electron chi connectivity index (χ4n) is 1.94. The summed E-state index contributed by atoms with van der Waals surface area (Å²) in [7, 11) is -2.39. The van der Waals surface area contributed by atoms with Gasteiger partial charge in [-0.2, -0.15) is 4.31 Å². The number of rotatable bonds is 4. The lowest BCUT2D eigenvalue weighted by atomic mass is 10.1. The molecule has 0 aliphatic rings. The number of sulfonamides is 1. The zero-order valence-corrected chi connectivity index (χ0v) is 12.7. The van der Waals surface area contributed by atoms with Gasteiger partial charge in [0.1, 0.15) is 10.7 Å². The second kappa shape index (κ2) is 5.83. The Morgan fingerprint density at radius 2 is 1.76 bits per heavy atom. The summed E-state index contributed by atoms with van der Waals surface area (Å²) in [4.78, 5) is -0.211. The Bertz CT molecular complexity index is 743. The Labute approximate surface area is 124 Å². The summed E-state index contributed by atoms with van der Waals surface area (Å²) < 4.78 is 39.3. The maximum absolute atomic E-state index is 13.3. The summed E-state index contributed by atoms with van der Waals surface area (Å²) in [6.07, 6.45) is 0. The monoisotopic (exact) mass is 308 g/mol. The van der Waals surface area contributed by atoms with Crippen molar-refractivity contribution in [2.45, 2.75) is 18.4 Å². The fourth-order valence-corrected chi connectivity index (χ4v) is 3.22. The zero-order chi connectivity index (χ0) is 15.6. The number of aryl methyl sites for hydroxylation is 1. The van der Waals surface area contributed by atoms with Crippen molar-refractivity contribution in [2.24, 2.45) is 0 Å². The SMILES string of the molecule is Cc1ccc(CN(C)S(=O)(=O)c2cc(F)ccc2N)cc1. The Morgan fingerprint density at radius 1 is 1.14 bits per heavy atom. The lowest BCUT2D eigenvalue weighted by molar-refractivity contribution is 0.466. The predicted molar refractivity (Wildman–Crippen MR) is 80.6 cm³/mol. The van der Waals surface area contributed by atoms with Gasteiger partial charge in [0.25, 0.3) is 0 Å². The van der Waals surface area contributed by atoms with Gasteiger partial charge >= 0.3 is 0 Å². The van der Waals surface area contributed by atoms with Gasteiger partial charge in [0.15, 0.2) is 0 Å². The molecular weight excluding hydrogens is 291 g/mol. The molecule has 21 heavy (non-hydrogen) atoms. The number of nitrogens with zero attached hydrogens (tertiary/aromatic N) is 1. The molecule has 4 nitrogen and oxygen atoms in total. The highest BCUT2D eigenvalue weighted by Gasteiger charge is 2.24. The summed E-state index contributed by atoms with van der Waals surface area (Å²) in [5.74, 6) is -0.633. The van der Waals surface area contributed by atoms with E-state index in [4.69, 9.17) is 5.73 Å². The first-order chi connectivity index (χ1) is 9.80. The van der Waals surface area contributed by atoms with Gasteiger partial charge in [0.05, 0.1) is 5.69 Å². The van der Waals surface area contributed by atoms with Crippen LogP contribution in [0.3, 0.4) is 0 Å². The van der Waals surface area contributed by atoms with Crippen molar-refractivity contribution >= 4 is 15.7 Å². The molecule has 0 heterocycles. The van der Waals surface area contributed by atoms with Crippen molar-refractivity contribution in [3.05, 3.63) is 59.4 Å². The van der Waals surface area contributed by atoms with E-state index in [2.05, 4.69) is 0 Å². The average molecular weight is 308 g/mol. The summed E-state index contributed by atoms with van der Waals surface area (Å²) in [6.45, 7) is 2.15. The Kier molecular flexibility index (Phi) is 4.29. The van der Waals surface area contributed by atoms with Crippen molar-refractivity contribution in [1.82, 2.24) is 4.31 Å². The number of hydrogen-bond acceptors (Lipinski definition) is 3. The second-order valence-corrected chi connectivity index (χ2v) is 6.94. The fraction of sp³-hybridized carbons (Fsp3) is 0.200. The van der Waals surface area contributed by atoms with Crippen LogP contribution in [-0.4, -0.2) is 19.8 Å². The molecule has 0 aromatic heterocycles. The van der Waals surface area contributed by atoms with E-state index in [9.17, 15) is 12.8 Å². The van der Waals surface area contributed by atoms with Crippen LogP contribution in [0, 0.1) is 12.7 Å². The van der Waals surface area contributed by atoms with Crippen LogP contribution in [0.15, 0.2) is 47.4 Å². The predicted octanol–water partition coefficient (Wildman–Crippen LogP) is 2.54. The van der Waals surface area contributed by atoms with E-state index in [1.165, 1.54) is 13.1 Å². The van der Waals surface area contributed by atoms with E-state index in [1.807, 2.05) is 31.2 Å². The molecule has 0 saturated heterocycles. The molecule has 0 radical (unpaired) electrons. The highest BCUT2D eigenvalue weighted by atomic mass is 32.2. The smallest absolute Gasteiger partial charge is 0.245 e. The number of halogens is 1. The number of benzene rings is 2. The van der Waals surface area contributed by atoms with Gasteiger partial charge < -0.3 is 5.73 Å². The van der Waals surface area contributed by atoms with E-state index < -0.39 is 15.8 Å². The topological polar surface area (TPSA) is 63.4 Å². The van der Waals surface area contributed by atoms with Gasteiger partial charge in [-0.05, 0) is 30.7 Å². The third-order valence-corrected chi connectivity index (χ3v) is 5.05. The number of anilines is 1. The largest absolute Gasteiger partial charge is 0.398 e. The second-order valence-electron chi connectivity index (χ2n) is 4.93. The van der Waals surface area contributed by atoms with Crippen LogP contribution in [0.1, 0.15) is 11.1 Å². The minimum absolute atomic E-state index is 0.0344. The van der Waals surface area contributed by atoms with Gasteiger partial charge in [-0.25, -0.2) is 12.8 Å². The van der Waals surface area contributed by atoms with Gasteiger partial charge in [-0.1, -0.05) is 29.8 Å². The Hall–Kier alpha value is -1.92. The molecule has 0 bridgehead atoms. The molecule has 2 aromatic carbocycles. The van der Waals surface area contributed by atoms with Crippen LogP contribution >= 0.6 is 0 Å². The minimum atomic E-state index is -3.83. The maximum Gasteiger partial charge on any atom is 0.245 e. The van der Waals surface area contributed by atoms with E-state index in [-0.39, 0.29) is 17.1 Å². The summed E-state index contributed by atoms with van der Waals surface area (Å²) in [5, 5.41) is 0. The van der Waals surface area contributed by atoms with E-state index >= 15 is 0 Å². The number of nitrogens with two attached hydrogens (primary N) is 1. The van der Waals surface area contributed by atoms with Crippen molar-refractivity contribution in [1.29, 1.82) is 0 Å². The quantitative estimate of drug-likeness (QED) is 0.883. The highest BCUT2D eigenvalue weighted by molar-refractivity contribution is 7.89. The molecule has 0 unspecified atom stereocenters. The molecule has 2 rings (SSSR count). The molecule has 112 valence electrons. The molecule has 0 aliphatic carbocycles. The zero-order valence-electron chi connectivity index (χ0n) is 11.9. The van der Waals surface area contributed by atoms with Crippen LogP contribution < -0.4 is 5.73 Å². The first-order valence-corrected chi connectivity index (χ1v) is 7.81. The summed E-state index contributed by atoms with van der Waals surface area (Å²) in [6, 6.07) is 10.9. The van der Waals surface area contributed by atoms with Crippen LogP contribution in [0.2, 0.25) is 0 Å². The Morgan fingerprint density at radius 3 is 2.38 bits per heavy atom. The lowest BCUT2D eigenvalue weighted by Crippen LogP contribution is -2.27. The normalized spacial score (nSPS) is 11.8. The van der Waals surface area contributed by atoms with Crippen molar-refractivity contribution in [3.63, 3.8) is 0 Å². The minimum Gasteiger partial charge on any atom is -0.398 e. The van der Waals surface area contributed by atoms with Crippen molar-refractivity contribution in [2.75, 3.05) is 12.8 Å². The molecule has 0 amide bonds. The molecule has 0 aliphatic heterocycles. The van der Waals surface area contributed by atoms with E-state index in [0.717, 1.165) is 27.6 Å². The van der Waals surface area contributed by atoms with Crippen LogP contribution in [0.5, 0.6) is 0 Å². The molecule has 0 fully saturated rings. The first kappa shape index (κ1) is 15.5. The molecule has 0 spiro atoms. The molecule has 2 aromatic rings. The van der Waals surface area contributed by atoms with Gasteiger partial charge in [0, 0.05) is 13.6 Å². The summed E-state index contributed by atoms with van der Waals surface area (Å²) >= 11 is 0. The standard InChI is InChI=1S/C15H17FN2O2S/c1-11-3-5-12(6-4-11)10-18(2)21(19,20)15-9-13(16)7-8-14(15)17/h3-9H,10,17H2,1-2H3. The molecule has 0 atom stereocenters. The van der Waals surface area contributed by atoms with Crippen LogP contribution in [0.25, 0.3) is 0 Å². The van der Waals surface area contributed by atoms with Gasteiger partial charge in [0.2, 0.25) is 10.0 Å². The average Bonchev–Trinajstić information content (AvgIpc) is 2.43. The molecule has 2 N–H and O–H groups in total. The van der Waals surface area contributed by atoms with Gasteiger partial charge in [-0.3, -0.25) is 0 Å². The molecular formula is C15H17FN2O2S. The van der Waals surface area contributed by atoms with Crippen molar-refractivity contribution in [3.8, 4) is 0 Å². The van der Waals surface area contributed by atoms with E-state index in [1.54, 1.807) is 0 Å². The third kappa shape index (κ3) is 3.40. The summed E-state index contributed by atoms with van der Waals surface area (Å²) in [5.41, 5.74) is 7.63. The van der Waals surface area contributed by atoms with Crippen LogP contribution in [-0.2, 0) is 16.6 Å². The molecule has 0 saturated carbocycles.